The zero-order valence-electron chi connectivity index (χ0n) is 21.5. The van der Waals surface area contributed by atoms with Gasteiger partial charge in [0.05, 0.1) is 6.33 Å². The van der Waals surface area contributed by atoms with E-state index in [1.54, 1.807) is 17.7 Å². The Kier molecular flexibility index (Phi) is 9.03. The van der Waals surface area contributed by atoms with Gasteiger partial charge in [0.25, 0.3) is 0 Å². The number of imidazole rings is 1. The molecule has 1 amide bonds. The first-order chi connectivity index (χ1) is 17.4. The number of unbranched alkanes of at least 4 members (excludes halogenated alkanes) is 1. The lowest BCUT2D eigenvalue weighted by Gasteiger charge is -2.35. The number of rotatable bonds is 11. The molecule has 0 radical (unpaired) electrons. The summed E-state index contributed by atoms with van der Waals surface area (Å²) in [5.41, 5.74) is 2.42. The Balaban J connectivity index is 1.31. The molecule has 1 fully saturated rings. The van der Waals surface area contributed by atoms with Crippen molar-refractivity contribution in [3.05, 3.63) is 41.9 Å². The monoisotopic (exact) mass is 517 g/mol. The van der Waals surface area contributed by atoms with Gasteiger partial charge in [-0.25, -0.2) is 4.98 Å². The minimum atomic E-state index is -3.95. The quantitative estimate of drug-likeness (QED) is 0.361. The molecule has 36 heavy (non-hydrogen) atoms. The maximum absolute atomic E-state index is 12.5. The third-order valence-corrected chi connectivity index (χ3v) is 8.24. The Morgan fingerprint density at radius 3 is 2.81 bits per heavy atom. The summed E-state index contributed by atoms with van der Waals surface area (Å²) in [5.74, 6) is 0.604. The summed E-state index contributed by atoms with van der Waals surface area (Å²) >= 11 is 0. The van der Waals surface area contributed by atoms with E-state index in [0.717, 1.165) is 83.4 Å². The van der Waals surface area contributed by atoms with Crippen LogP contribution >= 0.6 is 0 Å². The van der Waals surface area contributed by atoms with Crippen molar-refractivity contribution in [1.29, 1.82) is 0 Å². The lowest BCUT2D eigenvalue weighted by molar-refractivity contribution is -0.130. The van der Waals surface area contributed by atoms with Crippen molar-refractivity contribution in [2.45, 2.75) is 62.9 Å². The SMILES string of the molecule is CCCN(CCCCN1CCNCCC1=O)C1CCc2cc(OS(=O)(=O)c3cn(C)cn3)ccc2C1. The fourth-order valence-corrected chi connectivity index (χ4v) is 6.11. The van der Waals surface area contributed by atoms with Crippen molar-refractivity contribution in [3.8, 4) is 5.75 Å². The third kappa shape index (κ3) is 6.86. The fraction of sp³-hybridized carbons (Fsp3) is 0.615. The zero-order valence-corrected chi connectivity index (χ0v) is 22.3. The van der Waals surface area contributed by atoms with Gasteiger partial charge in [-0.2, -0.15) is 8.42 Å². The number of aryl methyl sites for hydroxylation is 2. The maximum atomic E-state index is 12.5. The molecule has 2 heterocycles. The molecule has 198 valence electrons. The Morgan fingerprint density at radius 2 is 2.03 bits per heavy atom. The minimum Gasteiger partial charge on any atom is -0.378 e. The van der Waals surface area contributed by atoms with E-state index in [0.29, 0.717) is 18.2 Å². The molecule has 10 heteroatoms. The fourth-order valence-electron chi connectivity index (χ4n) is 5.20. The molecule has 0 spiro atoms. The van der Waals surface area contributed by atoms with Crippen LogP contribution in [-0.2, 0) is 34.8 Å². The molecule has 1 unspecified atom stereocenters. The van der Waals surface area contributed by atoms with Gasteiger partial charge in [0.1, 0.15) is 5.75 Å². The molecule has 1 saturated heterocycles. The van der Waals surface area contributed by atoms with Gasteiger partial charge in [0.2, 0.25) is 10.9 Å². The molecular formula is C26H39N5O4S. The first-order valence-electron chi connectivity index (χ1n) is 13.1. The van der Waals surface area contributed by atoms with Crippen molar-refractivity contribution in [2.75, 3.05) is 39.3 Å². The predicted octanol–water partition coefficient (Wildman–Crippen LogP) is 2.36. The number of hydrogen-bond donors (Lipinski definition) is 1. The first-order valence-corrected chi connectivity index (χ1v) is 14.5. The van der Waals surface area contributed by atoms with Crippen LogP contribution in [0.3, 0.4) is 0 Å². The van der Waals surface area contributed by atoms with Crippen LogP contribution in [0.4, 0.5) is 0 Å². The number of nitrogens with zero attached hydrogens (tertiary/aromatic N) is 4. The maximum Gasteiger partial charge on any atom is 0.358 e. The molecule has 9 nitrogen and oxygen atoms in total. The van der Waals surface area contributed by atoms with Crippen LogP contribution < -0.4 is 9.50 Å². The molecule has 1 atom stereocenters. The van der Waals surface area contributed by atoms with Crippen molar-refractivity contribution >= 4 is 16.0 Å². The van der Waals surface area contributed by atoms with E-state index in [1.165, 1.54) is 18.1 Å². The summed E-state index contributed by atoms with van der Waals surface area (Å²) in [6, 6.07) is 6.10. The second-order valence-corrected chi connectivity index (χ2v) is 11.4. The topological polar surface area (TPSA) is 96.8 Å². The molecule has 4 rings (SSSR count). The Hall–Kier alpha value is -2.43. The molecule has 1 aromatic carbocycles. The van der Waals surface area contributed by atoms with Crippen molar-refractivity contribution in [1.82, 2.24) is 24.7 Å². The van der Waals surface area contributed by atoms with Gasteiger partial charge in [-0.1, -0.05) is 13.0 Å². The number of fused-ring (bicyclic) bond motifs is 1. The lowest BCUT2D eigenvalue weighted by Crippen LogP contribution is -2.41. The number of benzene rings is 1. The standard InChI is InChI=1S/C26H39N5O4S/c1-3-13-30(14-4-5-15-31-16-12-27-11-10-26(31)32)23-8-6-22-18-24(9-7-21(22)17-23)35-36(33,34)25-19-29(2)20-28-25/h7,9,18-20,23,27H,3-6,8,10-17H2,1-2H3. The molecule has 0 saturated carbocycles. The van der Waals surface area contributed by atoms with Crippen LogP contribution in [-0.4, -0.2) is 79.0 Å². The molecule has 1 N–H and O–H groups in total. The van der Waals surface area contributed by atoms with Gasteiger partial charge in [0, 0.05) is 51.9 Å². The van der Waals surface area contributed by atoms with Crippen LogP contribution in [0.25, 0.3) is 0 Å². The second-order valence-electron chi connectivity index (χ2n) is 9.87. The number of hydrogen-bond acceptors (Lipinski definition) is 7. The summed E-state index contributed by atoms with van der Waals surface area (Å²) in [6.45, 7) is 7.66. The van der Waals surface area contributed by atoms with Gasteiger partial charge in [-0.3, -0.25) is 4.79 Å². The van der Waals surface area contributed by atoms with Gasteiger partial charge in [0.15, 0.2) is 0 Å². The van der Waals surface area contributed by atoms with E-state index >= 15 is 0 Å². The lowest BCUT2D eigenvalue weighted by atomic mass is 9.87. The average Bonchev–Trinajstić information content (AvgIpc) is 3.20. The molecule has 1 aromatic heterocycles. The highest BCUT2D eigenvalue weighted by Gasteiger charge is 2.26. The highest BCUT2D eigenvalue weighted by atomic mass is 32.2. The highest BCUT2D eigenvalue weighted by molar-refractivity contribution is 7.87. The van der Waals surface area contributed by atoms with E-state index in [1.807, 2.05) is 17.0 Å². The van der Waals surface area contributed by atoms with Gasteiger partial charge in [-0.15, -0.1) is 0 Å². The summed E-state index contributed by atoms with van der Waals surface area (Å²) in [5, 5.41) is 3.21. The van der Waals surface area contributed by atoms with E-state index in [9.17, 15) is 13.2 Å². The van der Waals surface area contributed by atoms with Gasteiger partial charge in [-0.05, 0) is 74.9 Å². The van der Waals surface area contributed by atoms with E-state index in [2.05, 4.69) is 22.1 Å². The largest absolute Gasteiger partial charge is 0.378 e. The van der Waals surface area contributed by atoms with Crippen LogP contribution in [0.2, 0.25) is 0 Å². The molecule has 1 aliphatic heterocycles. The molecule has 2 aromatic rings. The average molecular weight is 518 g/mol. The number of amides is 1. The number of carbonyl (C=O) groups is 1. The number of nitrogens with one attached hydrogen (secondary N) is 1. The molecule has 0 bridgehead atoms. The summed E-state index contributed by atoms with van der Waals surface area (Å²) < 4.78 is 32.0. The van der Waals surface area contributed by atoms with Crippen LogP contribution in [0.1, 0.15) is 50.2 Å². The summed E-state index contributed by atoms with van der Waals surface area (Å²) in [7, 11) is -2.23. The number of aromatic nitrogens is 2. The minimum absolute atomic E-state index is 0.0881. The third-order valence-electron chi connectivity index (χ3n) is 7.10. The van der Waals surface area contributed by atoms with Crippen LogP contribution in [0, 0.1) is 0 Å². The summed E-state index contributed by atoms with van der Waals surface area (Å²) in [4.78, 5) is 20.7. The van der Waals surface area contributed by atoms with Gasteiger partial charge < -0.3 is 23.9 Å². The Bertz CT molecular complexity index is 1130. The van der Waals surface area contributed by atoms with E-state index in [4.69, 9.17) is 4.18 Å². The van der Waals surface area contributed by atoms with E-state index < -0.39 is 10.1 Å². The predicted molar refractivity (Wildman–Crippen MR) is 138 cm³/mol. The van der Waals surface area contributed by atoms with Crippen molar-refractivity contribution < 1.29 is 17.4 Å². The Labute approximate surface area is 214 Å². The second kappa shape index (κ2) is 12.2. The zero-order chi connectivity index (χ0) is 25.5. The first kappa shape index (κ1) is 26.6. The van der Waals surface area contributed by atoms with Crippen LogP contribution in [0.5, 0.6) is 5.75 Å². The normalized spacial score (nSPS) is 18.8. The van der Waals surface area contributed by atoms with Crippen molar-refractivity contribution in [3.63, 3.8) is 0 Å². The smallest absolute Gasteiger partial charge is 0.358 e. The molecular weight excluding hydrogens is 478 g/mol. The molecule has 2 aliphatic rings. The highest BCUT2D eigenvalue weighted by Crippen LogP contribution is 2.29. The van der Waals surface area contributed by atoms with Crippen molar-refractivity contribution in [2.24, 2.45) is 7.05 Å². The van der Waals surface area contributed by atoms with E-state index in [-0.39, 0.29) is 10.9 Å². The number of carbonyl (C=O) groups excluding carboxylic acids is 1. The van der Waals surface area contributed by atoms with Crippen LogP contribution in [0.15, 0.2) is 35.7 Å². The summed E-state index contributed by atoms with van der Waals surface area (Å²) in [6.07, 6.45) is 9.60. The van der Waals surface area contributed by atoms with Gasteiger partial charge >= 0.3 is 10.1 Å². The molecule has 1 aliphatic carbocycles. The Morgan fingerprint density at radius 1 is 1.17 bits per heavy atom.